The summed E-state index contributed by atoms with van der Waals surface area (Å²) in [5.41, 5.74) is 4.53. The van der Waals surface area contributed by atoms with Gasteiger partial charge in [0.15, 0.2) is 0 Å². The molecule has 2 aromatic rings. The lowest BCUT2D eigenvalue weighted by molar-refractivity contribution is -0.137. The van der Waals surface area contributed by atoms with Crippen molar-refractivity contribution in [2.75, 3.05) is 11.9 Å². The number of aliphatic hydroxyl groups excluding tert-OH is 1. The number of hydrogen-bond acceptors (Lipinski definition) is 5. The predicted molar refractivity (Wildman–Crippen MR) is 101 cm³/mol. The lowest BCUT2D eigenvalue weighted by atomic mass is 10.0. The van der Waals surface area contributed by atoms with Gasteiger partial charge in [-0.2, -0.15) is 13.2 Å². The molecule has 9 heteroatoms. The van der Waals surface area contributed by atoms with Crippen molar-refractivity contribution in [2.45, 2.75) is 37.8 Å². The summed E-state index contributed by atoms with van der Waals surface area (Å²) in [5, 5.41) is 13.2. The summed E-state index contributed by atoms with van der Waals surface area (Å²) in [6.45, 7) is 2.30. The van der Waals surface area contributed by atoms with Crippen molar-refractivity contribution in [2.24, 2.45) is 0 Å². The van der Waals surface area contributed by atoms with Gasteiger partial charge in [0.2, 0.25) is 0 Å². The first-order valence-electron chi connectivity index (χ1n) is 9.10. The Morgan fingerprint density at radius 1 is 1.17 bits per heavy atom. The topological polar surface area (TPSA) is 82.6 Å². The molecule has 1 saturated heterocycles. The van der Waals surface area contributed by atoms with Crippen LogP contribution in [0.2, 0.25) is 0 Å². The first-order chi connectivity index (χ1) is 13.7. The average Bonchev–Trinajstić information content (AvgIpc) is 3.14. The summed E-state index contributed by atoms with van der Waals surface area (Å²) in [7, 11) is 0. The van der Waals surface area contributed by atoms with E-state index in [1.165, 1.54) is 12.1 Å². The first kappa shape index (κ1) is 21.1. The number of para-hydroxylation sites is 1. The highest BCUT2D eigenvalue weighted by atomic mass is 19.4. The zero-order valence-electron chi connectivity index (χ0n) is 15.7. The molecule has 0 aromatic heterocycles. The van der Waals surface area contributed by atoms with E-state index in [1.54, 1.807) is 31.2 Å². The van der Waals surface area contributed by atoms with Gasteiger partial charge in [-0.3, -0.25) is 10.2 Å². The Labute approximate surface area is 166 Å². The second kappa shape index (κ2) is 8.40. The molecule has 3 rings (SSSR count). The Morgan fingerprint density at radius 3 is 2.48 bits per heavy atom. The van der Waals surface area contributed by atoms with Crippen molar-refractivity contribution in [3.05, 3.63) is 59.7 Å². The van der Waals surface area contributed by atoms with Crippen molar-refractivity contribution in [3.63, 3.8) is 0 Å². The van der Waals surface area contributed by atoms with Gasteiger partial charge in [0.1, 0.15) is 11.8 Å². The predicted octanol–water partition coefficient (Wildman–Crippen LogP) is 3.57. The fraction of sp³-hybridized carbons (Fsp3) is 0.350. The highest BCUT2D eigenvalue weighted by Crippen LogP contribution is 2.31. The van der Waals surface area contributed by atoms with E-state index in [9.17, 15) is 23.1 Å². The third kappa shape index (κ3) is 5.06. The second-order valence-corrected chi connectivity index (χ2v) is 7.01. The number of anilines is 2. The minimum absolute atomic E-state index is 0.254. The van der Waals surface area contributed by atoms with E-state index in [1.807, 2.05) is 0 Å². The van der Waals surface area contributed by atoms with Crippen LogP contribution in [0, 0.1) is 0 Å². The van der Waals surface area contributed by atoms with Crippen molar-refractivity contribution in [1.29, 1.82) is 0 Å². The van der Waals surface area contributed by atoms with E-state index >= 15 is 0 Å². The monoisotopic (exact) mass is 409 g/mol. The van der Waals surface area contributed by atoms with E-state index in [0.717, 1.165) is 18.6 Å². The minimum atomic E-state index is -4.41. The van der Waals surface area contributed by atoms with Crippen LogP contribution >= 0.6 is 0 Å². The van der Waals surface area contributed by atoms with E-state index in [0.29, 0.717) is 24.4 Å². The molecule has 156 valence electrons. The SMILES string of the molecule is CC1(C(O)NNC(=O)c2ccccc2Nc2ccc(C(F)(F)F)cc2)CCCO1. The summed E-state index contributed by atoms with van der Waals surface area (Å²) >= 11 is 0. The lowest BCUT2D eigenvalue weighted by Gasteiger charge is -2.29. The lowest BCUT2D eigenvalue weighted by Crippen LogP contribution is -2.55. The Morgan fingerprint density at radius 2 is 1.86 bits per heavy atom. The van der Waals surface area contributed by atoms with E-state index in [-0.39, 0.29) is 5.56 Å². The summed E-state index contributed by atoms with van der Waals surface area (Å²) in [6, 6.07) is 11.0. The number of carbonyl (C=O) groups is 1. The summed E-state index contributed by atoms with van der Waals surface area (Å²) in [5.74, 6) is -0.513. The fourth-order valence-corrected chi connectivity index (χ4v) is 3.06. The number of rotatable bonds is 6. The van der Waals surface area contributed by atoms with Crippen molar-refractivity contribution < 1.29 is 27.8 Å². The van der Waals surface area contributed by atoms with E-state index in [4.69, 9.17) is 4.74 Å². The first-order valence-corrected chi connectivity index (χ1v) is 9.10. The second-order valence-electron chi connectivity index (χ2n) is 7.01. The number of nitrogens with one attached hydrogen (secondary N) is 3. The highest BCUT2D eigenvalue weighted by molar-refractivity contribution is 6.00. The average molecular weight is 409 g/mol. The number of alkyl halides is 3. The Hall–Kier alpha value is -2.62. The third-order valence-electron chi connectivity index (χ3n) is 4.81. The number of hydrogen-bond donors (Lipinski definition) is 4. The van der Waals surface area contributed by atoms with Crippen LogP contribution in [0.25, 0.3) is 0 Å². The molecule has 0 radical (unpaired) electrons. The van der Waals surface area contributed by atoms with Gasteiger partial charge < -0.3 is 15.2 Å². The molecule has 29 heavy (non-hydrogen) atoms. The standard InChI is InChI=1S/C20H22F3N3O3/c1-19(11-4-12-29-19)18(28)26-25-17(27)15-5-2-3-6-16(15)24-14-9-7-13(8-10-14)20(21,22)23/h2-3,5-10,18,24,26,28H,4,11-12H2,1H3,(H,25,27). The van der Waals surface area contributed by atoms with Gasteiger partial charge in [0, 0.05) is 12.3 Å². The fourth-order valence-electron chi connectivity index (χ4n) is 3.06. The molecule has 1 amide bonds. The number of benzene rings is 2. The molecule has 1 aliphatic heterocycles. The number of ether oxygens (including phenoxy) is 1. The normalized spacial score (nSPS) is 20.3. The maximum absolute atomic E-state index is 12.7. The number of halogens is 3. The van der Waals surface area contributed by atoms with Crippen LogP contribution in [0.5, 0.6) is 0 Å². The molecule has 1 heterocycles. The molecular weight excluding hydrogens is 387 g/mol. The minimum Gasteiger partial charge on any atom is -0.374 e. The van der Waals surface area contributed by atoms with Gasteiger partial charge in [-0.15, -0.1) is 0 Å². The van der Waals surface area contributed by atoms with Crippen molar-refractivity contribution in [3.8, 4) is 0 Å². The number of hydrazine groups is 1. The Bertz CT molecular complexity index is 850. The summed E-state index contributed by atoms with van der Waals surface area (Å²) in [6.07, 6.45) is -4.03. The maximum Gasteiger partial charge on any atom is 0.416 e. The summed E-state index contributed by atoms with van der Waals surface area (Å²) < 4.78 is 43.6. The molecule has 4 N–H and O–H groups in total. The third-order valence-corrected chi connectivity index (χ3v) is 4.81. The number of amides is 1. The van der Waals surface area contributed by atoms with Gasteiger partial charge in [0.05, 0.1) is 16.8 Å². The van der Waals surface area contributed by atoms with Crippen LogP contribution in [-0.4, -0.2) is 29.4 Å². The Kier molecular flexibility index (Phi) is 6.11. The van der Waals surface area contributed by atoms with Gasteiger partial charge in [0.25, 0.3) is 5.91 Å². The van der Waals surface area contributed by atoms with Gasteiger partial charge in [-0.1, -0.05) is 12.1 Å². The van der Waals surface area contributed by atoms with Gasteiger partial charge >= 0.3 is 6.18 Å². The van der Waals surface area contributed by atoms with Crippen LogP contribution in [-0.2, 0) is 10.9 Å². The molecule has 0 bridgehead atoms. The largest absolute Gasteiger partial charge is 0.416 e. The molecule has 0 aliphatic carbocycles. The zero-order chi connectivity index (χ0) is 21.1. The molecule has 0 spiro atoms. The van der Waals surface area contributed by atoms with E-state index in [2.05, 4.69) is 16.2 Å². The Balaban J connectivity index is 1.67. The van der Waals surface area contributed by atoms with Crippen LogP contribution in [0.4, 0.5) is 24.5 Å². The molecule has 6 nitrogen and oxygen atoms in total. The van der Waals surface area contributed by atoms with Crippen molar-refractivity contribution in [1.82, 2.24) is 10.9 Å². The molecule has 2 unspecified atom stereocenters. The maximum atomic E-state index is 12.7. The molecule has 0 saturated carbocycles. The van der Waals surface area contributed by atoms with Crippen LogP contribution in [0.15, 0.2) is 48.5 Å². The molecule has 2 aromatic carbocycles. The summed E-state index contributed by atoms with van der Waals surface area (Å²) in [4.78, 5) is 12.6. The number of aliphatic hydroxyl groups is 1. The van der Waals surface area contributed by atoms with Crippen molar-refractivity contribution >= 4 is 17.3 Å². The number of carbonyl (C=O) groups excluding carboxylic acids is 1. The quantitative estimate of drug-likeness (QED) is 0.433. The zero-order valence-corrected chi connectivity index (χ0v) is 15.7. The molecule has 1 aliphatic rings. The van der Waals surface area contributed by atoms with E-state index < -0.39 is 29.5 Å². The van der Waals surface area contributed by atoms with Crippen LogP contribution in [0.3, 0.4) is 0 Å². The van der Waals surface area contributed by atoms with Gasteiger partial charge in [-0.05, 0) is 56.2 Å². The van der Waals surface area contributed by atoms with Gasteiger partial charge in [-0.25, -0.2) is 5.43 Å². The van der Waals surface area contributed by atoms with Crippen LogP contribution in [0.1, 0.15) is 35.7 Å². The molecule has 1 fully saturated rings. The smallest absolute Gasteiger partial charge is 0.374 e. The van der Waals surface area contributed by atoms with Crippen LogP contribution < -0.4 is 16.2 Å². The highest BCUT2D eigenvalue weighted by Gasteiger charge is 2.37. The molecule has 2 atom stereocenters. The molecular formula is C20H22F3N3O3.